The Morgan fingerprint density at radius 3 is 2.71 bits per heavy atom. The number of hydrogen-bond acceptors (Lipinski definition) is 5. The van der Waals surface area contributed by atoms with E-state index in [0.717, 1.165) is 10.2 Å². The van der Waals surface area contributed by atoms with Gasteiger partial charge in [-0.25, -0.2) is 4.98 Å². The van der Waals surface area contributed by atoms with Gasteiger partial charge in [-0.2, -0.15) is 8.78 Å². The number of ether oxygens (including phenoxy) is 2. The molecule has 0 aliphatic carbocycles. The van der Waals surface area contributed by atoms with E-state index in [1.165, 1.54) is 23.5 Å². The fourth-order valence-electron chi connectivity index (χ4n) is 2.64. The first-order chi connectivity index (χ1) is 13.5. The van der Waals surface area contributed by atoms with Crippen LogP contribution in [-0.4, -0.2) is 29.3 Å². The maximum atomic E-state index is 12.6. The zero-order valence-corrected chi connectivity index (χ0v) is 15.7. The normalized spacial score (nSPS) is 11.8. The van der Waals surface area contributed by atoms with Crippen LogP contribution in [0.4, 0.5) is 8.78 Å². The van der Waals surface area contributed by atoms with Gasteiger partial charge in [-0.1, -0.05) is 18.2 Å². The van der Waals surface area contributed by atoms with E-state index in [1.54, 1.807) is 19.1 Å². The first-order valence-corrected chi connectivity index (χ1v) is 9.28. The third-order valence-corrected chi connectivity index (χ3v) is 4.85. The minimum absolute atomic E-state index is 0.0752. The molecule has 2 aromatic carbocycles. The van der Waals surface area contributed by atoms with Gasteiger partial charge in [-0.3, -0.25) is 4.79 Å². The van der Waals surface area contributed by atoms with E-state index in [2.05, 4.69) is 9.72 Å². The molecule has 1 heterocycles. The van der Waals surface area contributed by atoms with Gasteiger partial charge < -0.3 is 14.6 Å². The van der Waals surface area contributed by atoms with Crippen molar-refractivity contribution in [3.05, 3.63) is 53.0 Å². The topological polar surface area (TPSA) is 68.7 Å². The van der Waals surface area contributed by atoms with Gasteiger partial charge in [0.2, 0.25) is 0 Å². The van der Waals surface area contributed by atoms with Crippen molar-refractivity contribution in [2.75, 3.05) is 6.61 Å². The molecule has 0 aliphatic rings. The highest BCUT2D eigenvalue weighted by atomic mass is 32.1. The molecule has 8 heteroatoms. The standard InChI is InChI=1S/C20H17F2NO4S/c1-2-26-16-10-12(7-8-15(16)27-20(21)22)9-13(11-18(24)25)19-23-14-5-3-4-6-17(14)28-19/h3-10,20H,2,11H2,1H3,(H,24,25)/b13-9+. The van der Waals surface area contributed by atoms with Gasteiger partial charge in [0, 0.05) is 0 Å². The molecule has 0 bridgehead atoms. The first kappa shape index (κ1) is 19.8. The molecule has 146 valence electrons. The highest BCUT2D eigenvalue weighted by molar-refractivity contribution is 7.19. The molecule has 1 aromatic heterocycles. The summed E-state index contributed by atoms with van der Waals surface area (Å²) in [6, 6.07) is 12.0. The van der Waals surface area contributed by atoms with E-state index in [0.29, 0.717) is 16.1 Å². The maximum absolute atomic E-state index is 12.6. The minimum Gasteiger partial charge on any atom is -0.490 e. The molecule has 0 unspecified atom stereocenters. The van der Waals surface area contributed by atoms with Crippen LogP contribution in [0.25, 0.3) is 21.9 Å². The molecule has 3 aromatic rings. The molecule has 28 heavy (non-hydrogen) atoms. The van der Waals surface area contributed by atoms with Crippen LogP contribution in [-0.2, 0) is 4.79 Å². The number of nitrogens with zero attached hydrogens (tertiary/aromatic N) is 1. The monoisotopic (exact) mass is 405 g/mol. The number of thiazole rings is 1. The van der Waals surface area contributed by atoms with Crippen LogP contribution >= 0.6 is 11.3 Å². The molecule has 0 saturated carbocycles. The lowest BCUT2D eigenvalue weighted by molar-refractivity contribution is -0.135. The number of carbonyl (C=O) groups is 1. The number of hydrogen-bond donors (Lipinski definition) is 1. The Bertz CT molecular complexity index is 983. The predicted octanol–water partition coefficient (Wildman–Crippen LogP) is 5.31. The number of aliphatic carboxylic acids is 1. The highest BCUT2D eigenvalue weighted by Crippen LogP contribution is 2.34. The Morgan fingerprint density at radius 1 is 1.25 bits per heavy atom. The fraction of sp³-hybridized carbons (Fsp3) is 0.200. The second-order valence-corrected chi connectivity index (χ2v) is 6.78. The van der Waals surface area contributed by atoms with E-state index in [1.807, 2.05) is 24.3 Å². The third kappa shape index (κ3) is 4.83. The SMILES string of the molecule is CCOc1cc(/C=C(\CC(=O)O)c2nc3ccccc3s2)ccc1OC(F)F. The molecule has 5 nitrogen and oxygen atoms in total. The van der Waals surface area contributed by atoms with Crippen molar-refractivity contribution in [1.82, 2.24) is 4.98 Å². The van der Waals surface area contributed by atoms with Crippen LogP contribution in [0.15, 0.2) is 42.5 Å². The Morgan fingerprint density at radius 2 is 2.04 bits per heavy atom. The summed E-state index contributed by atoms with van der Waals surface area (Å²) in [6.07, 6.45) is 1.44. The molecule has 1 N–H and O–H groups in total. The summed E-state index contributed by atoms with van der Waals surface area (Å²) in [5.74, 6) is -0.905. The van der Waals surface area contributed by atoms with Crippen molar-refractivity contribution >= 4 is 39.2 Å². The molecular weight excluding hydrogens is 388 g/mol. The number of fused-ring (bicyclic) bond motifs is 1. The van der Waals surface area contributed by atoms with Gasteiger partial charge in [0.1, 0.15) is 5.01 Å². The summed E-state index contributed by atoms with van der Waals surface area (Å²) in [6.45, 7) is -0.968. The van der Waals surface area contributed by atoms with Crippen molar-refractivity contribution < 1.29 is 28.2 Å². The lowest BCUT2D eigenvalue weighted by Crippen LogP contribution is -2.04. The van der Waals surface area contributed by atoms with Crippen molar-refractivity contribution in [2.24, 2.45) is 0 Å². The first-order valence-electron chi connectivity index (χ1n) is 8.46. The van der Waals surface area contributed by atoms with Crippen LogP contribution in [0.3, 0.4) is 0 Å². The summed E-state index contributed by atoms with van der Waals surface area (Å²) in [5.41, 5.74) is 1.90. The molecule has 0 saturated heterocycles. The zero-order chi connectivity index (χ0) is 20.1. The Balaban J connectivity index is 2.02. The number of rotatable bonds is 8. The number of para-hydroxylation sites is 1. The number of benzene rings is 2. The molecule has 0 aliphatic heterocycles. The smallest absolute Gasteiger partial charge is 0.387 e. The van der Waals surface area contributed by atoms with E-state index in [4.69, 9.17) is 4.74 Å². The van der Waals surface area contributed by atoms with Gasteiger partial charge in [0.25, 0.3) is 0 Å². The Labute approximate surface area is 163 Å². The average Bonchev–Trinajstić information content (AvgIpc) is 3.07. The van der Waals surface area contributed by atoms with Crippen molar-refractivity contribution in [2.45, 2.75) is 20.0 Å². The van der Waals surface area contributed by atoms with Crippen LogP contribution in [0, 0.1) is 0 Å². The molecule has 0 fully saturated rings. The summed E-state index contributed by atoms with van der Waals surface area (Å²) in [4.78, 5) is 15.9. The largest absolute Gasteiger partial charge is 0.490 e. The lowest BCUT2D eigenvalue weighted by Gasteiger charge is -2.12. The quantitative estimate of drug-likeness (QED) is 0.550. The third-order valence-electron chi connectivity index (χ3n) is 3.73. The second-order valence-electron chi connectivity index (χ2n) is 5.74. The van der Waals surface area contributed by atoms with E-state index in [9.17, 15) is 18.7 Å². The second kappa shape index (κ2) is 8.79. The number of halogens is 2. The number of carboxylic acid groups (broad SMARTS) is 1. The zero-order valence-electron chi connectivity index (χ0n) is 14.9. The minimum atomic E-state index is -2.97. The Hall–Kier alpha value is -3.00. The number of aromatic nitrogens is 1. The van der Waals surface area contributed by atoms with Gasteiger partial charge in [0.15, 0.2) is 11.5 Å². The fourth-order valence-corrected chi connectivity index (χ4v) is 3.62. The van der Waals surface area contributed by atoms with Crippen molar-refractivity contribution in [3.8, 4) is 11.5 Å². The molecule has 0 radical (unpaired) electrons. The van der Waals surface area contributed by atoms with Crippen LogP contribution in [0.5, 0.6) is 11.5 Å². The summed E-state index contributed by atoms with van der Waals surface area (Å²) < 4.78 is 35.9. The molecule has 0 spiro atoms. The maximum Gasteiger partial charge on any atom is 0.387 e. The van der Waals surface area contributed by atoms with Crippen molar-refractivity contribution in [1.29, 1.82) is 0 Å². The van der Waals surface area contributed by atoms with Gasteiger partial charge >= 0.3 is 12.6 Å². The van der Waals surface area contributed by atoms with Gasteiger partial charge in [0.05, 0.1) is 23.2 Å². The molecule has 3 rings (SSSR count). The van der Waals surface area contributed by atoms with Crippen LogP contribution in [0.2, 0.25) is 0 Å². The van der Waals surface area contributed by atoms with Gasteiger partial charge in [-0.05, 0) is 48.4 Å². The number of carboxylic acids is 1. The van der Waals surface area contributed by atoms with E-state index < -0.39 is 12.6 Å². The summed E-state index contributed by atoms with van der Waals surface area (Å²) in [5, 5.41) is 9.88. The molecule has 0 atom stereocenters. The van der Waals surface area contributed by atoms with E-state index >= 15 is 0 Å². The predicted molar refractivity (Wildman–Crippen MR) is 104 cm³/mol. The average molecular weight is 405 g/mol. The van der Waals surface area contributed by atoms with Crippen LogP contribution < -0.4 is 9.47 Å². The van der Waals surface area contributed by atoms with Gasteiger partial charge in [-0.15, -0.1) is 11.3 Å². The lowest BCUT2D eigenvalue weighted by atomic mass is 10.1. The summed E-state index contributed by atoms with van der Waals surface area (Å²) >= 11 is 1.39. The van der Waals surface area contributed by atoms with E-state index in [-0.39, 0.29) is 24.5 Å². The molecule has 0 amide bonds. The summed E-state index contributed by atoms with van der Waals surface area (Å²) in [7, 11) is 0. The highest BCUT2D eigenvalue weighted by Gasteiger charge is 2.15. The number of alkyl halides is 2. The molecular formula is C20H17F2NO4S. The Kier molecular flexibility index (Phi) is 6.20. The van der Waals surface area contributed by atoms with Crippen molar-refractivity contribution in [3.63, 3.8) is 0 Å². The van der Waals surface area contributed by atoms with Crippen LogP contribution in [0.1, 0.15) is 23.9 Å².